The standard InChI is InChI=1S/C16H15ClN4O2/c17-13-2-1-3-14(10-13)23-9-8-21-11-19-16(20-21)15(22)12-4-6-18-7-5-12/h1-7,10-11,15,22H,8-9H2. The maximum atomic E-state index is 10.2. The molecule has 1 atom stereocenters. The number of benzene rings is 1. The van der Waals surface area contributed by atoms with Crippen LogP contribution in [0.2, 0.25) is 5.02 Å². The molecule has 0 amide bonds. The second-order valence-electron chi connectivity index (χ2n) is 4.85. The number of rotatable bonds is 6. The molecule has 0 saturated carbocycles. The molecule has 2 heterocycles. The summed E-state index contributed by atoms with van der Waals surface area (Å²) in [5.74, 6) is 1.05. The smallest absolute Gasteiger partial charge is 0.183 e. The first-order valence-corrected chi connectivity index (χ1v) is 7.46. The molecular formula is C16H15ClN4O2. The van der Waals surface area contributed by atoms with Crippen molar-refractivity contribution < 1.29 is 9.84 Å². The van der Waals surface area contributed by atoms with Crippen LogP contribution >= 0.6 is 11.6 Å². The second kappa shape index (κ2) is 7.21. The van der Waals surface area contributed by atoms with Gasteiger partial charge in [0.25, 0.3) is 0 Å². The lowest BCUT2D eigenvalue weighted by Gasteiger charge is -2.07. The van der Waals surface area contributed by atoms with E-state index in [2.05, 4.69) is 15.1 Å². The average molecular weight is 331 g/mol. The van der Waals surface area contributed by atoms with Gasteiger partial charge in [0.1, 0.15) is 24.8 Å². The summed E-state index contributed by atoms with van der Waals surface area (Å²) in [5.41, 5.74) is 0.702. The molecule has 0 aliphatic rings. The lowest BCUT2D eigenvalue weighted by molar-refractivity contribution is 0.208. The zero-order valence-electron chi connectivity index (χ0n) is 12.2. The Bertz CT molecular complexity index is 764. The van der Waals surface area contributed by atoms with Crippen molar-refractivity contribution in [3.63, 3.8) is 0 Å². The quantitative estimate of drug-likeness (QED) is 0.751. The molecule has 1 aromatic carbocycles. The molecule has 3 aromatic rings. The molecular weight excluding hydrogens is 316 g/mol. The van der Waals surface area contributed by atoms with E-state index >= 15 is 0 Å². The van der Waals surface area contributed by atoms with Gasteiger partial charge in [0, 0.05) is 17.4 Å². The van der Waals surface area contributed by atoms with E-state index in [9.17, 15) is 5.11 Å². The van der Waals surface area contributed by atoms with Gasteiger partial charge in [-0.25, -0.2) is 9.67 Å². The summed E-state index contributed by atoms with van der Waals surface area (Å²) in [5, 5.41) is 15.1. The highest BCUT2D eigenvalue weighted by molar-refractivity contribution is 6.30. The summed E-state index contributed by atoms with van der Waals surface area (Å²) < 4.78 is 7.23. The van der Waals surface area contributed by atoms with Crippen LogP contribution in [0, 0.1) is 0 Å². The molecule has 6 nitrogen and oxygen atoms in total. The molecule has 0 aliphatic heterocycles. The fourth-order valence-electron chi connectivity index (χ4n) is 2.05. The number of aromatic nitrogens is 4. The normalized spacial score (nSPS) is 12.1. The molecule has 1 N–H and O–H groups in total. The van der Waals surface area contributed by atoms with Gasteiger partial charge in [-0.15, -0.1) is 0 Å². The van der Waals surface area contributed by atoms with Gasteiger partial charge < -0.3 is 9.84 Å². The van der Waals surface area contributed by atoms with Crippen LogP contribution < -0.4 is 4.74 Å². The van der Waals surface area contributed by atoms with Crippen molar-refractivity contribution in [2.45, 2.75) is 12.6 Å². The second-order valence-corrected chi connectivity index (χ2v) is 5.29. The molecule has 0 spiro atoms. The van der Waals surface area contributed by atoms with Gasteiger partial charge in [-0.05, 0) is 35.9 Å². The molecule has 0 fully saturated rings. The molecule has 2 aromatic heterocycles. The summed E-state index contributed by atoms with van der Waals surface area (Å²) in [6.07, 6.45) is 3.94. The van der Waals surface area contributed by atoms with Gasteiger partial charge >= 0.3 is 0 Å². The summed E-state index contributed by atoms with van der Waals surface area (Å²) >= 11 is 5.90. The van der Waals surface area contributed by atoms with Crippen molar-refractivity contribution in [3.05, 3.63) is 71.5 Å². The average Bonchev–Trinajstić information content (AvgIpc) is 3.04. The largest absolute Gasteiger partial charge is 0.492 e. The molecule has 0 radical (unpaired) electrons. The fourth-order valence-corrected chi connectivity index (χ4v) is 2.23. The SMILES string of the molecule is OC(c1ccncc1)c1ncn(CCOc2cccc(Cl)c2)n1. The van der Waals surface area contributed by atoms with Crippen molar-refractivity contribution in [2.24, 2.45) is 0 Å². The van der Waals surface area contributed by atoms with Gasteiger partial charge in [-0.1, -0.05) is 17.7 Å². The van der Waals surface area contributed by atoms with Crippen LogP contribution in [0.5, 0.6) is 5.75 Å². The van der Waals surface area contributed by atoms with E-state index < -0.39 is 6.10 Å². The predicted octanol–water partition coefficient (Wildman–Crippen LogP) is 2.49. The Morgan fingerprint density at radius 2 is 2.04 bits per heavy atom. The van der Waals surface area contributed by atoms with E-state index in [1.807, 2.05) is 12.1 Å². The number of nitrogens with zero attached hydrogens (tertiary/aromatic N) is 4. The number of aliphatic hydroxyl groups excluding tert-OH is 1. The van der Waals surface area contributed by atoms with Crippen LogP contribution in [0.3, 0.4) is 0 Å². The van der Waals surface area contributed by atoms with Crippen molar-refractivity contribution in [1.82, 2.24) is 19.7 Å². The minimum atomic E-state index is -0.868. The minimum absolute atomic E-state index is 0.346. The van der Waals surface area contributed by atoms with Crippen molar-refractivity contribution in [3.8, 4) is 5.75 Å². The van der Waals surface area contributed by atoms with Crippen molar-refractivity contribution in [2.75, 3.05) is 6.61 Å². The molecule has 23 heavy (non-hydrogen) atoms. The third kappa shape index (κ3) is 4.06. The lowest BCUT2D eigenvalue weighted by Crippen LogP contribution is -2.10. The Hall–Kier alpha value is -2.44. The number of halogens is 1. The molecule has 3 rings (SSSR count). The van der Waals surface area contributed by atoms with E-state index in [0.29, 0.717) is 35.3 Å². The van der Waals surface area contributed by atoms with Crippen LogP contribution in [0.15, 0.2) is 55.1 Å². The lowest BCUT2D eigenvalue weighted by atomic mass is 10.1. The third-order valence-electron chi connectivity index (χ3n) is 3.21. The summed E-state index contributed by atoms with van der Waals surface area (Å²) in [6.45, 7) is 0.942. The van der Waals surface area contributed by atoms with Crippen LogP contribution in [-0.4, -0.2) is 31.5 Å². The first-order valence-electron chi connectivity index (χ1n) is 7.08. The highest BCUT2D eigenvalue weighted by atomic mass is 35.5. The highest BCUT2D eigenvalue weighted by Crippen LogP contribution is 2.18. The molecule has 7 heteroatoms. The van der Waals surface area contributed by atoms with Crippen LogP contribution in [0.4, 0.5) is 0 Å². The fraction of sp³-hybridized carbons (Fsp3) is 0.188. The molecule has 0 bridgehead atoms. The molecule has 0 saturated heterocycles. The molecule has 118 valence electrons. The number of aliphatic hydroxyl groups is 1. The monoisotopic (exact) mass is 330 g/mol. The summed E-state index contributed by atoms with van der Waals surface area (Å²) in [7, 11) is 0. The first-order chi connectivity index (χ1) is 11.2. The number of ether oxygens (including phenoxy) is 1. The first kappa shape index (κ1) is 15.5. The Kier molecular flexibility index (Phi) is 4.85. The van der Waals surface area contributed by atoms with Crippen molar-refractivity contribution in [1.29, 1.82) is 0 Å². The van der Waals surface area contributed by atoms with E-state index in [1.54, 1.807) is 47.7 Å². The van der Waals surface area contributed by atoms with Gasteiger partial charge in [0.2, 0.25) is 0 Å². The van der Waals surface area contributed by atoms with Crippen LogP contribution in [-0.2, 0) is 6.54 Å². The van der Waals surface area contributed by atoms with Crippen LogP contribution in [0.1, 0.15) is 17.5 Å². The topological polar surface area (TPSA) is 73.1 Å². The molecule has 0 aliphatic carbocycles. The van der Waals surface area contributed by atoms with E-state index in [4.69, 9.17) is 16.3 Å². The van der Waals surface area contributed by atoms with Gasteiger partial charge in [-0.3, -0.25) is 4.98 Å². The zero-order valence-corrected chi connectivity index (χ0v) is 13.0. The van der Waals surface area contributed by atoms with Crippen LogP contribution in [0.25, 0.3) is 0 Å². The Morgan fingerprint density at radius 3 is 2.83 bits per heavy atom. The van der Waals surface area contributed by atoms with E-state index in [-0.39, 0.29) is 0 Å². The molecule has 1 unspecified atom stereocenters. The maximum absolute atomic E-state index is 10.2. The summed E-state index contributed by atoms with van der Waals surface area (Å²) in [4.78, 5) is 8.06. The third-order valence-corrected chi connectivity index (χ3v) is 3.44. The number of pyridine rings is 1. The Morgan fingerprint density at radius 1 is 1.22 bits per heavy atom. The zero-order chi connectivity index (χ0) is 16.1. The van der Waals surface area contributed by atoms with E-state index in [0.717, 1.165) is 0 Å². The Labute approximate surface area is 138 Å². The maximum Gasteiger partial charge on any atom is 0.183 e. The van der Waals surface area contributed by atoms with Crippen molar-refractivity contribution >= 4 is 11.6 Å². The minimum Gasteiger partial charge on any atom is -0.492 e. The predicted molar refractivity (Wildman–Crippen MR) is 85.3 cm³/mol. The number of hydrogen-bond donors (Lipinski definition) is 1. The van der Waals surface area contributed by atoms with Gasteiger partial charge in [0.15, 0.2) is 5.82 Å². The number of hydrogen-bond acceptors (Lipinski definition) is 5. The van der Waals surface area contributed by atoms with Gasteiger partial charge in [-0.2, -0.15) is 5.10 Å². The van der Waals surface area contributed by atoms with Gasteiger partial charge in [0.05, 0.1) is 6.54 Å². The van der Waals surface area contributed by atoms with E-state index in [1.165, 1.54) is 0 Å². The Balaban J connectivity index is 1.57. The highest BCUT2D eigenvalue weighted by Gasteiger charge is 2.14. The summed E-state index contributed by atoms with van der Waals surface area (Å²) in [6, 6.07) is 10.7.